The summed E-state index contributed by atoms with van der Waals surface area (Å²) in [5.74, 6) is 0.868. The molecule has 3 heteroatoms. The van der Waals surface area contributed by atoms with Gasteiger partial charge < -0.3 is 5.32 Å². The van der Waals surface area contributed by atoms with E-state index in [0.29, 0.717) is 11.1 Å². The Balaban J connectivity index is 1.91. The molecule has 2 saturated heterocycles. The Morgan fingerprint density at radius 1 is 0.950 bits per heavy atom. The Morgan fingerprint density at radius 2 is 1.60 bits per heavy atom. The third-order valence-corrected chi connectivity index (χ3v) is 5.23. The molecule has 0 bridgehead atoms. The summed E-state index contributed by atoms with van der Waals surface area (Å²) >= 11 is 0. The average Bonchev–Trinajstić information content (AvgIpc) is 2.38. The molecular formula is C17H35N3. The van der Waals surface area contributed by atoms with E-state index in [1.807, 2.05) is 0 Å². The van der Waals surface area contributed by atoms with E-state index in [0.717, 1.165) is 19.0 Å². The average molecular weight is 281 g/mol. The van der Waals surface area contributed by atoms with Gasteiger partial charge in [0.25, 0.3) is 0 Å². The first-order valence-electron chi connectivity index (χ1n) is 8.50. The molecule has 118 valence electrons. The van der Waals surface area contributed by atoms with Gasteiger partial charge in [-0.05, 0) is 66.3 Å². The minimum atomic E-state index is 0.331. The molecule has 2 rings (SSSR count). The maximum atomic E-state index is 3.47. The minimum absolute atomic E-state index is 0.331. The molecule has 2 fully saturated rings. The summed E-state index contributed by atoms with van der Waals surface area (Å²) in [6, 6.07) is 0. The lowest BCUT2D eigenvalue weighted by atomic mass is 9.83. The van der Waals surface area contributed by atoms with Crippen molar-refractivity contribution < 1.29 is 0 Å². The Hall–Kier alpha value is -0.120. The number of rotatable bonds is 3. The molecule has 0 saturated carbocycles. The van der Waals surface area contributed by atoms with Crippen molar-refractivity contribution in [3.05, 3.63) is 0 Å². The van der Waals surface area contributed by atoms with Crippen LogP contribution in [0.5, 0.6) is 0 Å². The van der Waals surface area contributed by atoms with Crippen LogP contribution in [0.2, 0.25) is 0 Å². The zero-order valence-corrected chi connectivity index (χ0v) is 14.3. The van der Waals surface area contributed by atoms with Crippen molar-refractivity contribution >= 4 is 0 Å². The van der Waals surface area contributed by atoms with E-state index in [9.17, 15) is 0 Å². The van der Waals surface area contributed by atoms with Gasteiger partial charge in [0, 0.05) is 43.8 Å². The summed E-state index contributed by atoms with van der Waals surface area (Å²) in [4.78, 5) is 5.38. The second-order valence-electron chi connectivity index (χ2n) is 8.38. The van der Waals surface area contributed by atoms with E-state index in [1.54, 1.807) is 0 Å². The fourth-order valence-corrected chi connectivity index (χ4v) is 3.95. The predicted octanol–water partition coefficient (Wildman–Crippen LogP) is 2.57. The second-order valence-corrected chi connectivity index (χ2v) is 8.38. The number of hydrogen-bond donors (Lipinski definition) is 1. The minimum Gasteiger partial charge on any atom is -0.314 e. The molecule has 0 radical (unpaired) electrons. The van der Waals surface area contributed by atoms with Crippen LogP contribution < -0.4 is 5.32 Å². The van der Waals surface area contributed by atoms with E-state index in [-0.39, 0.29) is 0 Å². The van der Waals surface area contributed by atoms with Gasteiger partial charge in [0.1, 0.15) is 0 Å². The number of nitrogens with zero attached hydrogens (tertiary/aromatic N) is 2. The van der Waals surface area contributed by atoms with Crippen LogP contribution in [-0.2, 0) is 0 Å². The number of hydrogen-bond acceptors (Lipinski definition) is 3. The van der Waals surface area contributed by atoms with Crippen LogP contribution in [0.15, 0.2) is 0 Å². The molecule has 0 aromatic rings. The molecule has 2 aliphatic heterocycles. The third-order valence-electron chi connectivity index (χ3n) is 5.23. The van der Waals surface area contributed by atoms with E-state index in [4.69, 9.17) is 0 Å². The van der Waals surface area contributed by atoms with E-state index < -0.39 is 0 Å². The lowest BCUT2D eigenvalue weighted by Crippen LogP contribution is -2.55. The number of piperazine rings is 1. The fourth-order valence-electron chi connectivity index (χ4n) is 3.95. The summed E-state index contributed by atoms with van der Waals surface area (Å²) in [6.45, 7) is 19.3. The molecule has 1 N–H and O–H groups in total. The molecule has 20 heavy (non-hydrogen) atoms. The van der Waals surface area contributed by atoms with Gasteiger partial charge in [0.2, 0.25) is 0 Å². The lowest BCUT2D eigenvalue weighted by Gasteiger charge is -2.47. The first-order chi connectivity index (χ1) is 9.29. The summed E-state index contributed by atoms with van der Waals surface area (Å²) in [7, 11) is 0. The van der Waals surface area contributed by atoms with Gasteiger partial charge in [-0.15, -0.1) is 0 Å². The van der Waals surface area contributed by atoms with Gasteiger partial charge in [0.15, 0.2) is 0 Å². The van der Waals surface area contributed by atoms with Gasteiger partial charge in [-0.2, -0.15) is 0 Å². The van der Waals surface area contributed by atoms with E-state index >= 15 is 0 Å². The SMILES string of the molecule is CC(C)(C)N1CCCC(CC(C)(C)N2CCNCC2)C1. The zero-order valence-electron chi connectivity index (χ0n) is 14.3. The van der Waals surface area contributed by atoms with Crippen molar-refractivity contribution in [2.75, 3.05) is 39.3 Å². The van der Waals surface area contributed by atoms with Gasteiger partial charge in [-0.25, -0.2) is 0 Å². The summed E-state index contributed by atoms with van der Waals surface area (Å²) < 4.78 is 0. The van der Waals surface area contributed by atoms with E-state index in [2.05, 4.69) is 49.7 Å². The molecule has 0 amide bonds. The number of likely N-dealkylation sites (tertiary alicyclic amines) is 1. The van der Waals surface area contributed by atoms with Crippen molar-refractivity contribution in [3.63, 3.8) is 0 Å². The van der Waals surface area contributed by atoms with Gasteiger partial charge in [-0.3, -0.25) is 9.80 Å². The molecule has 1 unspecified atom stereocenters. The smallest absolute Gasteiger partial charge is 0.0157 e. The van der Waals surface area contributed by atoms with Crippen molar-refractivity contribution in [2.45, 2.75) is 65.0 Å². The first-order valence-corrected chi connectivity index (χ1v) is 8.50. The summed E-state index contributed by atoms with van der Waals surface area (Å²) in [6.07, 6.45) is 4.14. The molecule has 0 spiro atoms. The monoisotopic (exact) mass is 281 g/mol. The normalized spacial score (nSPS) is 27.8. The van der Waals surface area contributed by atoms with Crippen LogP contribution in [0.25, 0.3) is 0 Å². The maximum Gasteiger partial charge on any atom is 0.0157 e. The van der Waals surface area contributed by atoms with Crippen LogP contribution >= 0.6 is 0 Å². The highest BCUT2D eigenvalue weighted by molar-refractivity contribution is 4.90. The Labute approximate surface area is 126 Å². The molecule has 2 heterocycles. The van der Waals surface area contributed by atoms with Crippen molar-refractivity contribution in [1.82, 2.24) is 15.1 Å². The highest BCUT2D eigenvalue weighted by atomic mass is 15.2. The van der Waals surface area contributed by atoms with Crippen molar-refractivity contribution in [3.8, 4) is 0 Å². The predicted molar refractivity (Wildman–Crippen MR) is 87.2 cm³/mol. The molecule has 0 aromatic carbocycles. The van der Waals surface area contributed by atoms with Gasteiger partial charge in [0.05, 0.1) is 0 Å². The van der Waals surface area contributed by atoms with Gasteiger partial charge in [-0.1, -0.05) is 0 Å². The Kier molecular flexibility index (Phi) is 5.14. The quantitative estimate of drug-likeness (QED) is 0.858. The van der Waals surface area contributed by atoms with Crippen LogP contribution in [-0.4, -0.2) is 60.1 Å². The highest BCUT2D eigenvalue weighted by Crippen LogP contribution is 2.31. The van der Waals surface area contributed by atoms with Crippen LogP contribution in [0.1, 0.15) is 53.9 Å². The summed E-state index contributed by atoms with van der Waals surface area (Å²) in [5, 5.41) is 3.47. The Bertz CT molecular complexity index is 300. The molecule has 2 aliphatic rings. The molecule has 0 aromatic heterocycles. The molecule has 1 atom stereocenters. The van der Waals surface area contributed by atoms with Crippen LogP contribution in [0.3, 0.4) is 0 Å². The summed E-state index contributed by atoms with van der Waals surface area (Å²) in [5.41, 5.74) is 0.686. The Morgan fingerprint density at radius 3 is 2.20 bits per heavy atom. The largest absolute Gasteiger partial charge is 0.314 e. The molecular weight excluding hydrogens is 246 g/mol. The van der Waals surface area contributed by atoms with Crippen molar-refractivity contribution in [1.29, 1.82) is 0 Å². The van der Waals surface area contributed by atoms with Crippen LogP contribution in [0, 0.1) is 5.92 Å². The zero-order chi connectivity index (χ0) is 14.8. The lowest BCUT2D eigenvalue weighted by molar-refractivity contribution is 0.0343. The number of nitrogens with one attached hydrogen (secondary N) is 1. The first kappa shape index (κ1) is 16.3. The van der Waals surface area contributed by atoms with Crippen molar-refractivity contribution in [2.24, 2.45) is 5.92 Å². The van der Waals surface area contributed by atoms with Gasteiger partial charge >= 0.3 is 0 Å². The van der Waals surface area contributed by atoms with Crippen LogP contribution in [0.4, 0.5) is 0 Å². The fraction of sp³-hybridized carbons (Fsp3) is 1.00. The second kappa shape index (κ2) is 6.33. The number of piperidine rings is 1. The maximum absolute atomic E-state index is 3.47. The van der Waals surface area contributed by atoms with E-state index in [1.165, 1.54) is 45.4 Å². The molecule has 0 aliphatic carbocycles. The molecule has 3 nitrogen and oxygen atoms in total. The topological polar surface area (TPSA) is 18.5 Å². The standard InChI is InChI=1S/C17H35N3/c1-16(2,3)20-10-6-7-15(14-20)13-17(4,5)19-11-8-18-9-12-19/h15,18H,6-14H2,1-5H3. The highest BCUT2D eigenvalue weighted by Gasteiger charge is 2.34. The third kappa shape index (κ3) is 4.19.